The van der Waals surface area contributed by atoms with Gasteiger partial charge in [0.25, 0.3) is 0 Å². The number of nitriles is 1. The predicted octanol–water partition coefficient (Wildman–Crippen LogP) is 3.30. The van der Waals surface area contributed by atoms with E-state index in [2.05, 4.69) is 28.3 Å². The molecule has 0 fully saturated rings. The maximum absolute atomic E-state index is 12.6. The molecule has 0 saturated heterocycles. The SMILES string of the molecule is CCCCN(C)C(=O)N1CCc2nc(Nc3cccc(C#N)c3)ncc2C1. The number of carbonyl (C=O) groups excluding carboxylic acids is 1. The second-order valence-electron chi connectivity index (χ2n) is 6.71. The summed E-state index contributed by atoms with van der Waals surface area (Å²) in [6, 6.07) is 9.38. The molecule has 2 amide bonds. The van der Waals surface area contributed by atoms with Crippen molar-refractivity contribution in [1.29, 1.82) is 5.26 Å². The standard InChI is InChI=1S/C20H24N6O/c1-3-4-9-25(2)20(27)26-10-8-18-16(14-26)13-22-19(24-18)23-17-7-5-6-15(11-17)12-21/h5-7,11,13H,3-4,8-10,14H2,1-2H3,(H,22,23,24). The summed E-state index contributed by atoms with van der Waals surface area (Å²) in [5.41, 5.74) is 3.30. The Labute approximate surface area is 159 Å². The second-order valence-corrected chi connectivity index (χ2v) is 6.71. The largest absolute Gasteiger partial charge is 0.328 e. The number of benzene rings is 1. The highest BCUT2D eigenvalue weighted by Crippen LogP contribution is 2.21. The number of fused-ring (bicyclic) bond motifs is 1. The lowest BCUT2D eigenvalue weighted by Crippen LogP contribution is -2.44. The Balaban J connectivity index is 1.67. The van der Waals surface area contributed by atoms with Gasteiger partial charge < -0.3 is 15.1 Å². The molecule has 0 aliphatic carbocycles. The minimum absolute atomic E-state index is 0.0598. The number of unbranched alkanes of at least 4 members (excludes halogenated alkanes) is 1. The number of nitrogens with one attached hydrogen (secondary N) is 1. The van der Waals surface area contributed by atoms with Crippen LogP contribution in [0.2, 0.25) is 0 Å². The maximum Gasteiger partial charge on any atom is 0.320 e. The Bertz CT molecular complexity index is 860. The minimum Gasteiger partial charge on any atom is -0.328 e. The molecule has 140 valence electrons. The van der Waals surface area contributed by atoms with Crippen molar-refractivity contribution < 1.29 is 4.79 Å². The fourth-order valence-electron chi connectivity index (χ4n) is 3.07. The Hall–Kier alpha value is -3.14. The van der Waals surface area contributed by atoms with Crippen LogP contribution in [0, 0.1) is 11.3 Å². The summed E-state index contributed by atoms with van der Waals surface area (Å²) in [5.74, 6) is 0.503. The summed E-state index contributed by atoms with van der Waals surface area (Å²) in [6.45, 7) is 4.09. The van der Waals surface area contributed by atoms with Crippen molar-refractivity contribution in [2.45, 2.75) is 32.7 Å². The molecular formula is C20H24N6O. The molecular weight excluding hydrogens is 340 g/mol. The molecule has 0 unspecified atom stereocenters. The van der Waals surface area contributed by atoms with Crippen molar-refractivity contribution >= 4 is 17.7 Å². The summed E-state index contributed by atoms with van der Waals surface area (Å²) in [4.78, 5) is 25.2. The van der Waals surface area contributed by atoms with Gasteiger partial charge in [-0.25, -0.2) is 14.8 Å². The second kappa shape index (κ2) is 8.49. The van der Waals surface area contributed by atoms with E-state index in [1.54, 1.807) is 23.2 Å². The average molecular weight is 364 g/mol. The number of hydrogen-bond donors (Lipinski definition) is 1. The van der Waals surface area contributed by atoms with Crippen molar-refractivity contribution in [1.82, 2.24) is 19.8 Å². The lowest BCUT2D eigenvalue weighted by molar-refractivity contribution is 0.156. The van der Waals surface area contributed by atoms with Crippen molar-refractivity contribution in [2.75, 3.05) is 25.5 Å². The molecule has 2 aromatic rings. The van der Waals surface area contributed by atoms with E-state index >= 15 is 0 Å². The first-order chi connectivity index (χ1) is 13.1. The first kappa shape index (κ1) is 18.6. The van der Waals surface area contributed by atoms with Crippen LogP contribution in [0.3, 0.4) is 0 Å². The van der Waals surface area contributed by atoms with Crippen LogP contribution in [0.15, 0.2) is 30.5 Å². The van der Waals surface area contributed by atoms with Crippen LogP contribution >= 0.6 is 0 Å². The molecule has 2 heterocycles. The third-order valence-electron chi connectivity index (χ3n) is 4.63. The highest BCUT2D eigenvalue weighted by Gasteiger charge is 2.24. The molecule has 1 aliphatic rings. The van der Waals surface area contributed by atoms with Gasteiger partial charge in [0.15, 0.2) is 0 Å². The zero-order valence-corrected chi connectivity index (χ0v) is 15.8. The molecule has 3 rings (SSSR count). The Morgan fingerprint density at radius 1 is 1.44 bits per heavy atom. The monoisotopic (exact) mass is 364 g/mol. The fraction of sp³-hybridized carbons (Fsp3) is 0.400. The van der Waals surface area contributed by atoms with Gasteiger partial charge >= 0.3 is 6.03 Å². The number of amides is 2. The summed E-state index contributed by atoms with van der Waals surface area (Å²) < 4.78 is 0. The number of anilines is 2. The van der Waals surface area contributed by atoms with Crippen LogP contribution in [0.4, 0.5) is 16.4 Å². The van der Waals surface area contributed by atoms with Crippen LogP contribution in [0.1, 0.15) is 36.6 Å². The smallest absolute Gasteiger partial charge is 0.320 e. The van der Waals surface area contributed by atoms with Gasteiger partial charge in [0.2, 0.25) is 5.95 Å². The molecule has 1 aliphatic heterocycles. The van der Waals surface area contributed by atoms with E-state index in [0.29, 0.717) is 31.0 Å². The number of carbonyl (C=O) groups is 1. The molecule has 7 nitrogen and oxygen atoms in total. The Morgan fingerprint density at radius 3 is 3.07 bits per heavy atom. The molecule has 27 heavy (non-hydrogen) atoms. The molecule has 0 saturated carbocycles. The van der Waals surface area contributed by atoms with E-state index in [1.165, 1.54) is 0 Å². The quantitative estimate of drug-likeness (QED) is 0.880. The summed E-state index contributed by atoms with van der Waals surface area (Å²) in [5, 5.41) is 12.1. The molecule has 1 N–H and O–H groups in total. The summed E-state index contributed by atoms with van der Waals surface area (Å²) in [6.07, 6.45) is 4.57. The average Bonchev–Trinajstić information content (AvgIpc) is 2.71. The molecule has 1 aromatic carbocycles. The maximum atomic E-state index is 12.6. The van der Waals surface area contributed by atoms with Crippen molar-refractivity contribution in [3.8, 4) is 6.07 Å². The first-order valence-corrected chi connectivity index (χ1v) is 9.22. The summed E-state index contributed by atoms with van der Waals surface area (Å²) in [7, 11) is 1.85. The van der Waals surface area contributed by atoms with Crippen LogP contribution in [0.25, 0.3) is 0 Å². The highest BCUT2D eigenvalue weighted by molar-refractivity contribution is 5.74. The number of nitrogens with zero attached hydrogens (tertiary/aromatic N) is 5. The predicted molar refractivity (Wildman–Crippen MR) is 104 cm³/mol. The van der Waals surface area contributed by atoms with E-state index in [-0.39, 0.29) is 6.03 Å². The molecule has 0 bridgehead atoms. The zero-order chi connectivity index (χ0) is 19.2. The fourth-order valence-corrected chi connectivity index (χ4v) is 3.07. The van der Waals surface area contributed by atoms with Gasteiger partial charge in [0, 0.05) is 44.0 Å². The van der Waals surface area contributed by atoms with Crippen molar-refractivity contribution in [3.05, 3.63) is 47.3 Å². The van der Waals surface area contributed by atoms with Gasteiger partial charge in [0.05, 0.1) is 23.9 Å². The molecule has 0 radical (unpaired) electrons. The number of rotatable bonds is 5. The molecule has 1 aromatic heterocycles. The van der Waals surface area contributed by atoms with Crippen LogP contribution in [0.5, 0.6) is 0 Å². The van der Waals surface area contributed by atoms with Crippen LogP contribution in [-0.4, -0.2) is 45.9 Å². The van der Waals surface area contributed by atoms with Crippen LogP contribution < -0.4 is 5.32 Å². The van der Waals surface area contributed by atoms with Gasteiger partial charge in [-0.1, -0.05) is 19.4 Å². The topological polar surface area (TPSA) is 85.2 Å². The van der Waals surface area contributed by atoms with E-state index in [1.807, 2.05) is 24.1 Å². The number of urea groups is 1. The summed E-state index contributed by atoms with van der Waals surface area (Å²) >= 11 is 0. The lowest BCUT2D eigenvalue weighted by Gasteiger charge is -2.31. The van der Waals surface area contributed by atoms with Crippen molar-refractivity contribution in [2.24, 2.45) is 0 Å². The third-order valence-corrected chi connectivity index (χ3v) is 4.63. The highest BCUT2D eigenvalue weighted by atomic mass is 16.2. The van der Waals surface area contributed by atoms with E-state index in [9.17, 15) is 4.79 Å². The van der Waals surface area contributed by atoms with E-state index in [4.69, 9.17) is 5.26 Å². The molecule has 0 atom stereocenters. The minimum atomic E-state index is 0.0598. The van der Waals surface area contributed by atoms with Crippen LogP contribution in [-0.2, 0) is 13.0 Å². The van der Waals surface area contributed by atoms with Gasteiger partial charge in [-0.05, 0) is 24.6 Å². The first-order valence-electron chi connectivity index (χ1n) is 9.22. The van der Waals surface area contributed by atoms with Gasteiger partial charge in [-0.3, -0.25) is 0 Å². The van der Waals surface area contributed by atoms with Crippen molar-refractivity contribution in [3.63, 3.8) is 0 Å². The molecule has 7 heteroatoms. The normalized spacial score (nSPS) is 12.9. The number of aromatic nitrogens is 2. The van der Waals surface area contributed by atoms with Gasteiger partial charge in [-0.2, -0.15) is 5.26 Å². The third kappa shape index (κ3) is 4.53. The van der Waals surface area contributed by atoms with Gasteiger partial charge in [0.1, 0.15) is 0 Å². The van der Waals surface area contributed by atoms with E-state index in [0.717, 1.165) is 36.3 Å². The number of hydrogen-bond acceptors (Lipinski definition) is 5. The zero-order valence-electron chi connectivity index (χ0n) is 15.8. The Kier molecular flexibility index (Phi) is 5.87. The lowest BCUT2D eigenvalue weighted by atomic mass is 10.1. The molecule has 0 spiro atoms. The Morgan fingerprint density at radius 2 is 2.30 bits per heavy atom. The van der Waals surface area contributed by atoms with Gasteiger partial charge in [-0.15, -0.1) is 0 Å². The van der Waals surface area contributed by atoms with E-state index < -0.39 is 0 Å².